The predicted molar refractivity (Wildman–Crippen MR) is 112 cm³/mol. The van der Waals surface area contributed by atoms with Crippen molar-refractivity contribution < 1.29 is 4.79 Å². The van der Waals surface area contributed by atoms with E-state index in [1.807, 2.05) is 54.8 Å². The second-order valence-corrected chi connectivity index (χ2v) is 7.52. The summed E-state index contributed by atoms with van der Waals surface area (Å²) in [6.45, 7) is 4.27. The summed E-state index contributed by atoms with van der Waals surface area (Å²) in [7, 11) is 0. The Morgan fingerprint density at radius 1 is 1.15 bits per heavy atom. The third-order valence-corrected chi connectivity index (χ3v) is 5.77. The summed E-state index contributed by atoms with van der Waals surface area (Å²) in [5.74, 6) is 2.44. The van der Waals surface area contributed by atoms with Crippen LogP contribution in [-0.4, -0.2) is 10.5 Å². The number of aryl methyl sites for hydroxylation is 2. The lowest BCUT2D eigenvalue weighted by Crippen LogP contribution is -2.16. The van der Waals surface area contributed by atoms with Gasteiger partial charge in [-0.15, -0.1) is 6.42 Å². The quantitative estimate of drug-likeness (QED) is 0.465. The lowest BCUT2D eigenvalue weighted by molar-refractivity contribution is 0.0997. The molecule has 1 heterocycles. The van der Waals surface area contributed by atoms with E-state index in [0.717, 1.165) is 32.1 Å². The maximum atomic E-state index is 12.9. The van der Waals surface area contributed by atoms with Crippen LogP contribution in [0, 0.1) is 26.2 Å². The van der Waals surface area contributed by atoms with E-state index in [1.54, 1.807) is 0 Å². The molecular formula is C23H18N2OS. The summed E-state index contributed by atoms with van der Waals surface area (Å²) in [6.07, 6.45) is 5.59. The van der Waals surface area contributed by atoms with Crippen molar-refractivity contribution in [3.8, 4) is 12.3 Å². The normalized spacial score (nSPS) is 11.8. The zero-order valence-corrected chi connectivity index (χ0v) is 16.0. The molecule has 0 unspecified atom stereocenters. The summed E-state index contributed by atoms with van der Waals surface area (Å²) >= 11 is 1.51. The molecule has 132 valence electrons. The number of amides is 1. The lowest BCUT2D eigenvalue weighted by Gasteiger charge is -2.03. The molecule has 3 nitrogen and oxygen atoms in total. The Labute approximate surface area is 161 Å². The lowest BCUT2D eigenvalue weighted by atomic mass is 10.1. The van der Waals surface area contributed by atoms with Gasteiger partial charge in [-0.2, -0.15) is 4.99 Å². The van der Waals surface area contributed by atoms with Gasteiger partial charge < -0.3 is 4.57 Å². The molecule has 0 spiro atoms. The molecule has 0 fully saturated rings. The van der Waals surface area contributed by atoms with Crippen LogP contribution in [0.25, 0.3) is 21.0 Å². The van der Waals surface area contributed by atoms with Crippen molar-refractivity contribution in [3.05, 3.63) is 76.1 Å². The Bertz CT molecular complexity index is 1300. The fraction of sp³-hybridized carbons (Fsp3) is 0.130. The van der Waals surface area contributed by atoms with Gasteiger partial charge >= 0.3 is 0 Å². The van der Waals surface area contributed by atoms with Gasteiger partial charge in [0.05, 0.1) is 16.8 Å². The van der Waals surface area contributed by atoms with Gasteiger partial charge in [-0.1, -0.05) is 65.3 Å². The fourth-order valence-electron chi connectivity index (χ4n) is 3.24. The van der Waals surface area contributed by atoms with E-state index in [4.69, 9.17) is 6.42 Å². The smallest absolute Gasteiger partial charge is 0.279 e. The number of carbonyl (C=O) groups is 1. The Balaban J connectivity index is 1.97. The van der Waals surface area contributed by atoms with E-state index in [2.05, 4.69) is 29.1 Å². The van der Waals surface area contributed by atoms with Crippen LogP contribution in [0.3, 0.4) is 0 Å². The molecule has 0 aliphatic rings. The second kappa shape index (κ2) is 6.86. The molecule has 0 aliphatic carbocycles. The number of aromatic nitrogens is 1. The van der Waals surface area contributed by atoms with E-state index in [0.29, 0.717) is 16.9 Å². The average molecular weight is 370 g/mol. The molecule has 0 saturated heterocycles. The van der Waals surface area contributed by atoms with Gasteiger partial charge in [0, 0.05) is 10.9 Å². The molecule has 3 aromatic carbocycles. The molecule has 0 bridgehead atoms. The first-order valence-electron chi connectivity index (χ1n) is 8.69. The molecule has 0 aliphatic heterocycles. The Kier molecular flexibility index (Phi) is 4.39. The standard InChI is InChI=1S/C23H18N2OS/c1-4-13-25-20-12-11-17-7-5-6-8-18(17)21(20)27-23(25)24-22(26)19-14-15(2)9-10-16(19)3/h1,5-12,14H,13H2,2-3H3. The van der Waals surface area contributed by atoms with Gasteiger partial charge in [-0.3, -0.25) is 4.79 Å². The van der Waals surface area contributed by atoms with Gasteiger partial charge in [-0.05, 0) is 36.9 Å². The van der Waals surface area contributed by atoms with E-state index >= 15 is 0 Å². The highest BCUT2D eigenvalue weighted by Crippen LogP contribution is 2.27. The summed E-state index contributed by atoms with van der Waals surface area (Å²) in [5, 5.41) is 2.30. The van der Waals surface area contributed by atoms with Crippen molar-refractivity contribution in [1.29, 1.82) is 0 Å². The van der Waals surface area contributed by atoms with Crippen LogP contribution < -0.4 is 4.80 Å². The van der Waals surface area contributed by atoms with Crippen LogP contribution in [0.2, 0.25) is 0 Å². The SMILES string of the molecule is C#CCn1c(=NC(=O)c2cc(C)ccc2C)sc2c3ccccc3ccc21. The number of thiazole rings is 1. The molecule has 4 rings (SSSR count). The van der Waals surface area contributed by atoms with Crippen molar-refractivity contribution >= 4 is 38.2 Å². The van der Waals surface area contributed by atoms with Gasteiger partial charge in [0.15, 0.2) is 4.80 Å². The number of hydrogen-bond acceptors (Lipinski definition) is 2. The molecule has 0 saturated carbocycles. The number of terminal acetylenes is 1. The molecule has 0 N–H and O–H groups in total. The van der Waals surface area contributed by atoms with E-state index in [9.17, 15) is 4.79 Å². The first-order valence-corrected chi connectivity index (χ1v) is 9.51. The largest absolute Gasteiger partial charge is 0.305 e. The highest BCUT2D eigenvalue weighted by atomic mass is 32.1. The van der Waals surface area contributed by atoms with Crippen LogP contribution in [0.5, 0.6) is 0 Å². The molecular weight excluding hydrogens is 352 g/mol. The van der Waals surface area contributed by atoms with Crippen molar-refractivity contribution in [2.75, 3.05) is 0 Å². The topological polar surface area (TPSA) is 34.4 Å². The van der Waals surface area contributed by atoms with Gasteiger partial charge in [0.25, 0.3) is 5.91 Å². The Morgan fingerprint density at radius 3 is 2.78 bits per heavy atom. The third-order valence-electron chi connectivity index (χ3n) is 4.64. The maximum absolute atomic E-state index is 12.9. The van der Waals surface area contributed by atoms with Crippen LogP contribution in [0.15, 0.2) is 59.6 Å². The monoisotopic (exact) mass is 370 g/mol. The van der Waals surface area contributed by atoms with Gasteiger partial charge in [0.1, 0.15) is 0 Å². The summed E-state index contributed by atoms with van der Waals surface area (Å²) in [6, 6.07) is 18.2. The summed E-state index contributed by atoms with van der Waals surface area (Å²) < 4.78 is 3.03. The van der Waals surface area contributed by atoms with Crippen LogP contribution in [0.4, 0.5) is 0 Å². The minimum Gasteiger partial charge on any atom is -0.305 e. The zero-order chi connectivity index (χ0) is 19.0. The van der Waals surface area contributed by atoms with E-state index in [-0.39, 0.29) is 5.91 Å². The van der Waals surface area contributed by atoms with Gasteiger partial charge in [-0.25, -0.2) is 0 Å². The molecule has 4 aromatic rings. The number of rotatable bonds is 2. The molecule has 27 heavy (non-hydrogen) atoms. The number of hydrogen-bond donors (Lipinski definition) is 0. The van der Waals surface area contributed by atoms with Crippen LogP contribution in [0.1, 0.15) is 21.5 Å². The number of carbonyl (C=O) groups excluding carboxylic acids is 1. The molecule has 1 aromatic heterocycles. The molecule has 4 heteroatoms. The van der Waals surface area contributed by atoms with Crippen LogP contribution in [-0.2, 0) is 6.54 Å². The van der Waals surface area contributed by atoms with Crippen molar-refractivity contribution in [1.82, 2.24) is 4.57 Å². The molecule has 1 amide bonds. The van der Waals surface area contributed by atoms with Gasteiger partial charge in [0.2, 0.25) is 0 Å². The summed E-state index contributed by atoms with van der Waals surface area (Å²) in [4.78, 5) is 17.9. The molecule has 0 radical (unpaired) electrons. The first-order chi connectivity index (χ1) is 13.1. The summed E-state index contributed by atoms with van der Waals surface area (Å²) in [5.41, 5.74) is 3.59. The third kappa shape index (κ3) is 3.07. The Hall–Kier alpha value is -3.16. The highest BCUT2D eigenvalue weighted by molar-refractivity contribution is 7.17. The number of benzene rings is 3. The average Bonchev–Trinajstić information content (AvgIpc) is 3.01. The van der Waals surface area contributed by atoms with Crippen LogP contribution >= 0.6 is 11.3 Å². The predicted octanol–water partition coefficient (Wildman–Crippen LogP) is 4.85. The highest BCUT2D eigenvalue weighted by Gasteiger charge is 2.12. The minimum absolute atomic E-state index is 0.238. The number of fused-ring (bicyclic) bond motifs is 3. The van der Waals surface area contributed by atoms with Crippen molar-refractivity contribution in [3.63, 3.8) is 0 Å². The van der Waals surface area contributed by atoms with Crippen molar-refractivity contribution in [2.45, 2.75) is 20.4 Å². The second-order valence-electron chi connectivity index (χ2n) is 6.55. The fourth-order valence-corrected chi connectivity index (χ4v) is 4.40. The zero-order valence-electron chi connectivity index (χ0n) is 15.2. The first kappa shape index (κ1) is 17.3. The van der Waals surface area contributed by atoms with E-state index in [1.165, 1.54) is 11.3 Å². The minimum atomic E-state index is -0.238. The van der Waals surface area contributed by atoms with E-state index < -0.39 is 0 Å². The maximum Gasteiger partial charge on any atom is 0.279 e. The van der Waals surface area contributed by atoms with Crippen molar-refractivity contribution in [2.24, 2.45) is 4.99 Å². The molecule has 0 atom stereocenters. The Morgan fingerprint density at radius 2 is 1.96 bits per heavy atom. The number of nitrogens with zero attached hydrogens (tertiary/aromatic N) is 2.